The first-order chi connectivity index (χ1) is 13.5. The van der Waals surface area contributed by atoms with Crippen molar-refractivity contribution in [1.82, 2.24) is 19.5 Å². The van der Waals surface area contributed by atoms with Gasteiger partial charge in [0.25, 0.3) is 0 Å². The number of ether oxygens (including phenoxy) is 2. The minimum atomic E-state index is -0.921. The molecule has 0 bridgehead atoms. The van der Waals surface area contributed by atoms with Gasteiger partial charge in [-0.15, -0.1) is 0 Å². The van der Waals surface area contributed by atoms with Crippen LogP contribution >= 0.6 is 0 Å². The highest BCUT2D eigenvalue weighted by Gasteiger charge is 2.28. The lowest BCUT2D eigenvalue weighted by molar-refractivity contribution is -0.389. The highest BCUT2D eigenvalue weighted by atomic mass is 19.1. The van der Waals surface area contributed by atoms with E-state index in [1.54, 1.807) is 16.7 Å². The average Bonchev–Trinajstić information content (AvgIpc) is 3.11. The number of nitrogens with zero attached hydrogens (tertiary/aromatic N) is 5. The van der Waals surface area contributed by atoms with Crippen LogP contribution in [0.1, 0.15) is 6.42 Å². The van der Waals surface area contributed by atoms with E-state index >= 15 is 0 Å². The van der Waals surface area contributed by atoms with Gasteiger partial charge in [0.1, 0.15) is 18.9 Å². The topological polar surface area (TPSA) is 105 Å². The molecule has 1 atom stereocenters. The van der Waals surface area contributed by atoms with Crippen LogP contribution in [0.2, 0.25) is 0 Å². The predicted octanol–water partition coefficient (Wildman–Crippen LogP) is 2.76. The lowest BCUT2D eigenvalue weighted by Gasteiger charge is -2.21. The van der Waals surface area contributed by atoms with Crippen molar-refractivity contribution < 1.29 is 23.2 Å². The second-order valence-corrected chi connectivity index (χ2v) is 6.03. The van der Waals surface area contributed by atoms with Crippen molar-refractivity contribution >= 4 is 5.82 Å². The summed E-state index contributed by atoms with van der Waals surface area (Å²) in [6.07, 6.45) is 2.97. The summed E-state index contributed by atoms with van der Waals surface area (Å²) in [5.41, 5.74) is 0.560. The zero-order valence-electron chi connectivity index (χ0n) is 14.3. The molecule has 3 aromatic heterocycles. The summed E-state index contributed by atoms with van der Waals surface area (Å²) in [5, 5.41) is 10.8. The summed E-state index contributed by atoms with van der Waals surface area (Å²) >= 11 is 0. The summed E-state index contributed by atoms with van der Waals surface area (Å²) in [6.45, 7) is 0.687. The average molecular weight is 389 g/mol. The van der Waals surface area contributed by atoms with Gasteiger partial charge in [-0.05, 0) is 23.1 Å². The second kappa shape index (κ2) is 7.18. The van der Waals surface area contributed by atoms with Crippen LogP contribution < -0.4 is 9.47 Å². The number of aryl methyl sites for hydroxylation is 1. The zero-order chi connectivity index (χ0) is 19.7. The van der Waals surface area contributed by atoms with Gasteiger partial charge in [0.05, 0.1) is 0 Å². The molecule has 0 spiro atoms. The standard InChI is InChI=1S/C17H13F2N5O4/c18-13-3-2-12(16(19)21-13)10-1-4-15(20-7-10)27-9-11-5-6-23-8-14(24(25)26)22-17(23)28-11/h1-4,7-8,11H,5-6,9H2. The lowest BCUT2D eigenvalue weighted by atomic mass is 10.1. The molecule has 9 nitrogen and oxygen atoms in total. The molecule has 1 aliphatic heterocycles. The van der Waals surface area contributed by atoms with Crippen LogP contribution in [-0.4, -0.2) is 37.2 Å². The molecule has 0 fully saturated rings. The fraction of sp³-hybridized carbons (Fsp3) is 0.235. The largest absolute Gasteiger partial charge is 0.474 e. The van der Waals surface area contributed by atoms with Gasteiger partial charge in [-0.1, -0.05) is 0 Å². The SMILES string of the molecule is O=[N+]([O-])c1cn2c(n1)OC(COc1ccc(-c3ccc(F)nc3F)cn1)CC2. The maximum Gasteiger partial charge on any atom is 0.414 e. The number of hydrogen-bond acceptors (Lipinski definition) is 7. The summed E-state index contributed by atoms with van der Waals surface area (Å²) < 4.78 is 39.4. The fourth-order valence-electron chi connectivity index (χ4n) is 2.77. The van der Waals surface area contributed by atoms with Crippen LogP contribution in [0, 0.1) is 22.0 Å². The van der Waals surface area contributed by atoms with E-state index in [4.69, 9.17) is 9.47 Å². The van der Waals surface area contributed by atoms with E-state index in [1.165, 1.54) is 18.5 Å². The van der Waals surface area contributed by atoms with Gasteiger partial charge in [-0.2, -0.15) is 13.8 Å². The predicted molar refractivity (Wildman–Crippen MR) is 90.8 cm³/mol. The molecule has 0 saturated heterocycles. The third-order valence-corrected chi connectivity index (χ3v) is 4.16. The van der Waals surface area contributed by atoms with Crippen molar-refractivity contribution in [2.45, 2.75) is 19.1 Å². The third-order valence-electron chi connectivity index (χ3n) is 4.16. The molecule has 4 heterocycles. The summed E-state index contributed by atoms with van der Waals surface area (Å²) in [5.74, 6) is -1.79. The van der Waals surface area contributed by atoms with Crippen LogP contribution in [0.4, 0.5) is 14.6 Å². The zero-order valence-corrected chi connectivity index (χ0v) is 14.3. The van der Waals surface area contributed by atoms with Gasteiger partial charge < -0.3 is 19.6 Å². The van der Waals surface area contributed by atoms with Crippen LogP contribution in [-0.2, 0) is 6.54 Å². The maximum atomic E-state index is 13.7. The van der Waals surface area contributed by atoms with E-state index in [2.05, 4.69) is 15.0 Å². The number of nitro groups is 1. The van der Waals surface area contributed by atoms with Crippen LogP contribution in [0.15, 0.2) is 36.7 Å². The van der Waals surface area contributed by atoms with E-state index in [0.29, 0.717) is 24.4 Å². The van der Waals surface area contributed by atoms with Crippen molar-refractivity contribution in [3.05, 3.63) is 58.7 Å². The smallest absolute Gasteiger partial charge is 0.414 e. The first-order valence-corrected chi connectivity index (χ1v) is 8.29. The first kappa shape index (κ1) is 17.8. The number of rotatable bonds is 5. The highest BCUT2D eigenvalue weighted by Crippen LogP contribution is 2.25. The molecule has 0 amide bonds. The molecule has 144 valence electrons. The van der Waals surface area contributed by atoms with Crippen molar-refractivity contribution in [2.24, 2.45) is 0 Å². The van der Waals surface area contributed by atoms with E-state index in [1.807, 2.05) is 0 Å². The molecule has 0 saturated carbocycles. The molecule has 28 heavy (non-hydrogen) atoms. The molecule has 0 aromatic carbocycles. The van der Waals surface area contributed by atoms with Gasteiger partial charge in [0.15, 0.2) is 0 Å². The molecule has 11 heteroatoms. The van der Waals surface area contributed by atoms with Crippen LogP contribution in [0.25, 0.3) is 11.1 Å². The van der Waals surface area contributed by atoms with Crippen molar-refractivity contribution in [3.8, 4) is 23.0 Å². The molecule has 1 unspecified atom stereocenters. The van der Waals surface area contributed by atoms with Gasteiger partial charge >= 0.3 is 11.8 Å². The summed E-state index contributed by atoms with van der Waals surface area (Å²) in [6, 6.07) is 5.66. The summed E-state index contributed by atoms with van der Waals surface area (Å²) in [4.78, 5) is 21.3. The Kier molecular flexibility index (Phi) is 4.55. The summed E-state index contributed by atoms with van der Waals surface area (Å²) in [7, 11) is 0. The Bertz CT molecular complexity index is 1020. The van der Waals surface area contributed by atoms with Crippen LogP contribution in [0.5, 0.6) is 11.9 Å². The maximum absolute atomic E-state index is 13.7. The third kappa shape index (κ3) is 3.59. The number of imidazole rings is 1. The van der Waals surface area contributed by atoms with Gasteiger partial charge in [0, 0.05) is 41.3 Å². The van der Waals surface area contributed by atoms with Crippen molar-refractivity contribution in [1.29, 1.82) is 0 Å². The number of halogens is 2. The Morgan fingerprint density at radius 2 is 2.14 bits per heavy atom. The lowest BCUT2D eigenvalue weighted by Crippen LogP contribution is -2.31. The molecule has 0 N–H and O–H groups in total. The van der Waals surface area contributed by atoms with E-state index in [9.17, 15) is 18.9 Å². The Morgan fingerprint density at radius 3 is 2.86 bits per heavy atom. The number of fused-ring (bicyclic) bond motifs is 1. The fourth-order valence-corrected chi connectivity index (χ4v) is 2.77. The number of aromatic nitrogens is 4. The number of hydrogen-bond donors (Lipinski definition) is 0. The Balaban J connectivity index is 1.38. The van der Waals surface area contributed by atoms with E-state index in [-0.39, 0.29) is 30.1 Å². The van der Waals surface area contributed by atoms with Gasteiger partial charge in [0.2, 0.25) is 17.8 Å². The molecule has 0 aliphatic carbocycles. The first-order valence-electron chi connectivity index (χ1n) is 8.29. The Hall–Kier alpha value is -3.63. The number of pyridine rings is 2. The molecule has 4 rings (SSSR count). The Labute approximate surface area is 156 Å². The molecule has 0 radical (unpaired) electrons. The van der Waals surface area contributed by atoms with Gasteiger partial charge in [-0.25, -0.2) is 4.98 Å². The molecular weight excluding hydrogens is 376 g/mol. The highest BCUT2D eigenvalue weighted by molar-refractivity contribution is 5.62. The molecular formula is C17H13F2N5O4. The van der Waals surface area contributed by atoms with E-state index in [0.717, 1.165) is 6.07 Å². The van der Waals surface area contributed by atoms with Crippen molar-refractivity contribution in [3.63, 3.8) is 0 Å². The second-order valence-electron chi connectivity index (χ2n) is 6.03. The minimum absolute atomic E-state index is 0.129. The quantitative estimate of drug-likeness (QED) is 0.375. The van der Waals surface area contributed by atoms with Gasteiger partial charge in [-0.3, -0.25) is 4.57 Å². The van der Waals surface area contributed by atoms with Crippen LogP contribution in [0.3, 0.4) is 0 Å². The van der Waals surface area contributed by atoms with Crippen molar-refractivity contribution in [2.75, 3.05) is 6.61 Å². The Morgan fingerprint density at radius 1 is 1.29 bits per heavy atom. The monoisotopic (exact) mass is 389 g/mol. The molecule has 1 aliphatic rings. The normalized spacial score (nSPS) is 15.6. The molecule has 3 aromatic rings. The van der Waals surface area contributed by atoms with E-state index < -0.39 is 16.8 Å². The minimum Gasteiger partial charge on any atom is -0.474 e.